The zero-order chi connectivity index (χ0) is 21.5. The molecular formula is C24H29N5O2. The molecule has 2 aliphatic rings. The minimum Gasteiger partial charge on any atom is -0.399 e. The number of pyridine rings is 1. The molecule has 3 N–H and O–H groups in total. The summed E-state index contributed by atoms with van der Waals surface area (Å²) in [7, 11) is 0. The topological polar surface area (TPSA) is 83.7 Å². The minimum absolute atomic E-state index is 0.0700. The Labute approximate surface area is 183 Å². The van der Waals surface area contributed by atoms with Gasteiger partial charge in [0.2, 0.25) is 0 Å². The average Bonchev–Trinajstić information content (AvgIpc) is 2.79. The summed E-state index contributed by atoms with van der Waals surface area (Å²) in [5, 5.41) is 2.90. The summed E-state index contributed by atoms with van der Waals surface area (Å²) >= 11 is 0. The number of nitrogen functional groups attached to an aromatic ring is 1. The second kappa shape index (κ2) is 10.2. The van der Waals surface area contributed by atoms with E-state index in [1.165, 1.54) is 5.57 Å². The van der Waals surface area contributed by atoms with Crippen LogP contribution in [0.3, 0.4) is 0 Å². The zero-order valence-electron chi connectivity index (χ0n) is 17.6. The number of carbonyl (C=O) groups is 1. The van der Waals surface area contributed by atoms with Gasteiger partial charge >= 0.3 is 6.03 Å². The molecule has 7 heteroatoms. The van der Waals surface area contributed by atoms with Crippen molar-refractivity contribution in [3.63, 3.8) is 0 Å². The number of hydrogen-bond acceptors (Lipinski definition) is 5. The number of hydrogen-bond donors (Lipinski definition) is 2. The van der Waals surface area contributed by atoms with Gasteiger partial charge in [-0.25, -0.2) is 4.79 Å². The fraction of sp³-hybridized carbons (Fsp3) is 0.333. The van der Waals surface area contributed by atoms with Gasteiger partial charge in [0.15, 0.2) is 0 Å². The number of aromatic nitrogens is 1. The molecule has 1 saturated heterocycles. The van der Waals surface area contributed by atoms with E-state index in [0.29, 0.717) is 19.7 Å². The molecular weight excluding hydrogens is 390 g/mol. The number of rotatable bonds is 6. The zero-order valence-corrected chi connectivity index (χ0v) is 17.6. The van der Waals surface area contributed by atoms with Gasteiger partial charge in [0.05, 0.1) is 24.6 Å². The molecule has 1 atom stereocenters. The number of urea groups is 1. The molecule has 0 saturated carbocycles. The molecule has 162 valence electrons. The van der Waals surface area contributed by atoms with Gasteiger partial charge in [-0.1, -0.05) is 30.4 Å². The van der Waals surface area contributed by atoms with Crippen LogP contribution >= 0.6 is 0 Å². The van der Waals surface area contributed by atoms with Gasteiger partial charge < -0.3 is 20.7 Å². The van der Waals surface area contributed by atoms with Gasteiger partial charge in [0.1, 0.15) is 0 Å². The lowest BCUT2D eigenvalue weighted by atomic mass is 10.0. The van der Waals surface area contributed by atoms with Crippen molar-refractivity contribution in [3.8, 4) is 0 Å². The van der Waals surface area contributed by atoms with E-state index in [0.717, 1.165) is 43.0 Å². The highest BCUT2D eigenvalue weighted by molar-refractivity contribution is 5.89. The van der Waals surface area contributed by atoms with E-state index in [2.05, 4.69) is 33.4 Å². The summed E-state index contributed by atoms with van der Waals surface area (Å²) in [6, 6.07) is 11.4. The summed E-state index contributed by atoms with van der Waals surface area (Å²) in [6.07, 6.45) is 10.9. The maximum absolute atomic E-state index is 12.4. The van der Waals surface area contributed by atoms with E-state index in [1.54, 1.807) is 12.4 Å². The first-order valence-electron chi connectivity index (χ1n) is 10.7. The largest absolute Gasteiger partial charge is 0.399 e. The molecule has 2 amide bonds. The Bertz CT molecular complexity index is 936. The molecule has 1 aliphatic carbocycles. The highest BCUT2D eigenvalue weighted by Gasteiger charge is 2.22. The van der Waals surface area contributed by atoms with Crippen molar-refractivity contribution in [2.24, 2.45) is 0 Å². The number of nitrogens with one attached hydrogen (secondary N) is 1. The van der Waals surface area contributed by atoms with Crippen molar-refractivity contribution >= 4 is 17.4 Å². The summed E-state index contributed by atoms with van der Waals surface area (Å²) in [5.41, 5.74) is 9.67. The number of carbonyl (C=O) groups excluding carboxylic acids is 1. The predicted octanol–water partition coefficient (Wildman–Crippen LogP) is 3.29. The highest BCUT2D eigenvalue weighted by Crippen LogP contribution is 2.18. The quantitative estimate of drug-likeness (QED) is 0.702. The number of nitrogens with two attached hydrogens (primary N) is 1. The van der Waals surface area contributed by atoms with Crippen LogP contribution in [-0.2, 0) is 11.3 Å². The van der Waals surface area contributed by atoms with Crippen molar-refractivity contribution in [3.05, 3.63) is 78.2 Å². The van der Waals surface area contributed by atoms with Gasteiger partial charge in [0, 0.05) is 44.6 Å². The molecule has 1 fully saturated rings. The van der Waals surface area contributed by atoms with E-state index in [-0.39, 0.29) is 12.1 Å². The lowest BCUT2D eigenvalue weighted by Gasteiger charge is -2.35. The molecule has 1 unspecified atom stereocenters. The number of benzene rings is 1. The monoisotopic (exact) mass is 419 g/mol. The van der Waals surface area contributed by atoms with E-state index >= 15 is 0 Å². The number of amides is 2. The maximum atomic E-state index is 12.4. The van der Waals surface area contributed by atoms with E-state index in [4.69, 9.17) is 10.5 Å². The van der Waals surface area contributed by atoms with Gasteiger partial charge in [-0.15, -0.1) is 0 Å². The Balaban J connectivity index is 1.23. The summed E-state index contributed by atoms with van der Waals surface area (Å²) in [5.74, 6) is 0. The SMILES string of the molecule is Nc1cccc(COC2C=C(CN3CCN(C(=O)Nc4cccnc4)CC3)C=CC2)c1. The first kappa shape index (κ1) is 21.1. The first-order valence-corrected chi connectivity index (χ1v) is 10.7. The number of piperazine rings is 1. The van der Waals surface area contributed by atoms with Crippen molar-refractivity contribution < 1.29 is 9.53 Å². The second-order valence-corrected chi connectivity index (χ2v) is 7.91. The summed E-state index contributed by atoms with van der Waals surface area (Å²) in [6.45, 7) is 4.53. The number of nitrogens with zero attached hydrogens (tertiary/aromatic N) is 3. The maximum Gasteiger partial charge on any atom is 0.321 e. The van der Waals surface area contributed by atoms with Crippen LogP contribution < -0.4 is 11.1 Å². The number of anilines is 2. The molecule has 1 aromatic heterocycles. The van der Waals surface area contributed by atoms with Crippen LogP contribution in [0.25, 0.3) is 0 Å². The Hall–Kier alpha value is -3.16. The van der Waals surface area contributed by atoms with Gasteiger partial charge in [-0.3, -0.25) is 9.88 Å². The Morgan fingerprint density at radius 2 is 2.06 bits per heavy atom. The molecule has 1 aliphatic heterocycles. The van der Waals surface area contributed by atoms with Crippen LogP contribution in [0, 0.1) is 0 Å². The Morgan fingerprint density at radius 1 is 1.19 bits per heavy atom. The fourth-order valence-corrected chi connectivity index (χ4v) is 3.83. The standard InChI is InChI=1S/C24H29N5O2/c25-21-6-1-5-20(14-21)18-31-23-8-2-4-19(15-23)17-28-10-12-29(13-11-28)24(30)27-22-7-3-9-26-16-22/h1-7,9,14-16,23H,8,10-13,17-18,25H2,(H,27,30). The first-order chi connectivity index (χ1) is 15.2. The van der Waals surface area contributed by atoms with Gasteiger partial charge in [-0.2, -0.15) is 0 Å². The predicted molar refractivity (Wildman–Crippen MR) is 123 cm³/mol. The van der Waals surface area contributed by atoms with Crippen LogP contribution in [0.5, 0.6) is 0 Å². The van der Waals surface area contributed by atoms with Crippen LogP contribution in [-0.4, -0.2) is 59.6 Å². The lowest BCUT2D eigenvalue weighted by Crippen LogP contribution is -2.50. The Morgan fingerprint density at radius 3 is 2.84 bits per heavy atom. The third-order valence-corrected chi connectivity index (χ3v) is 5.49. The highest BCUT2D eigenvalue weighted by atomic mass is 16.5. The van der Waals surface area contributed by atoms with E-state index < -0.39 is 0 Å². The molecule has 2 heterocycles. The van der Waals surface area contributed by atoms with Crippen molar-refractivity contribution in [2.45, 2.75) is 19.1 Å². The molecule has 1 aromatic carbocycles. The van der Waals surface area contributed by atoms with Crippen LogP contribution in [0.2, 0.25) is 0 Å². The molecule has 0 radical (unpaired) electrons. The molecule has 4 rings (SSSR count). The fourth-order valence-electron chi connectivity index (χ4n) is 3.83. The van der Waals surface area contributed by atoms with Crippen molar-refractivity contribution in [2.75, 3.05) is 43.8 Å². The third kappa shape index (κ3) is 6.16. The van der Waals surface area contributed by atoms with Crippen LogP contribution in [0.1, 0.15) is 12.0 Å². The molecule has 0 spiro atoms. The molecule has 0 bridgehead atoms. The van der Waals surface area contributed by atoms with Crippen LogP contribution in [0.15, 0.2) is 72.6 Å². The van der Waals surface area contributed by atoms with E-state index in [9.17, 15) is 4.79 Å². The van der Waals surface area contributed by atoms with Crippen LogP contribution in [0.4, 0.5) is 16.2 Å². The lowest BCUT2D eigenvalue weighted by molar-refractivity contribution is 0.0722. The summed E-state index contributed by atoms with van der Waals surface area (Å²) < 4.78 is 6.08. The molecule has 31 heavy (non-hydrogen) atoms. The third-order valence-electron chi connectivity index (χ3n) is 5.49. The minimum atomic E-state index is -0.0700. The van der Waals surface area contributed by atoms with Gasteiger partial charge in [-0.05, 0) is 41.8 Å². The second-order valence-electron chi connectivity index (χ2n) is 7.91. The van der Waals surface area contributed by atoms with Crippen molar-refractivity contribution in [1.82, 2.24) is 14.8 Å². The van der Waals surface area contributed by atoms with Gasteiger partial charge in [0.25, 0.3) is 0 Å². The number of ether oxygens (including phenoxy) is 1. The smallest absolute Gasteiger partial charge is 0.321 e. The summed E-state index contributed by atoms with van der Waals surface area (Å²) in [4.78, 5) is 20.7. The van der Waals surface area contributed by atoms with E-state index in [1.807, 2.05) is 41.3 Å². The van der Waals surface area contributed by atoms with Crippen molar-refractivity contribution in [1.29, 1.82) is 0 Å². The Kier molecular flexibility index (Phi) is 6.96. The normalized spacial score (nSPS) is 19.2. The molecule has 2 aromatic rings. The average molecular weight is 420 g/mol. The molecule has 7 nitrogen and oxygen atoms in total.